The summed E-state index contributed by atoms with van der Waals surface area (Å²) in [5.41, 5.74) is 3.97. The molecule has 0 saturated heterocycles. The van der Waals surface area contributed by atoms with Gasteiger partial charge < -0.3 is 0 Å². The molecule has 0 radical (unpaired) electrons. The normalized spacial score (nSPS) is 11.0. The van der Waals surface area contributed by atoms with Crippen LogP contribution in [0, 0.1) is 6.92 Å². The first-order chi connectivity index (χ1) is 9.97. The topological polar surface area (TPSA) is 6.02 Å². The Kier molecular flexibility index (Phi) is 3.56. The number of aryl methyl sites for hydroxylation is 1. The van der Waals surface area contributed by atoms with Crippen LogP contribution >= 0.6 is 0 Å². The second-order valence-corrected chi connectivity index (χ2v) is 7.95. The molecule has 2 nitrogen and oxygen atoms in total. The second-order valence-electron chi connectivity index (χ2n) is 5.68. The third kappa shape index (κ3) is 2.48. The zero-order chi connectivity index (χ0) is 15.1. The average Bonchev–Trinajstić information content (AvgIpc) is 2.46. The van der Waals surface area contributed by atoms with Gasteiger partial charge >= 0.3 is 131 Å². The molecule has 0 atom stereocenters. The Morgan fingerprint density at radius 3 is 2.43 bits per heavy atom. The van der Waals surface area contributed by atoms with Crippen LogP contribution in [0.1, 0.15) is 5.56 Å². The number of hydrogen-bond donors (Lipinski definition) is 0. The van der Waals surface area contributed by atoms with Crippen LogP contribution in [-0.2, 0) is 0 Å². The summed E-state index contributed by atoms with van der Waals surface area (Å²) in [4.78, 5) is 0. The Hall–Kier alpha value is -1.70. The van der Waals surface area contributed by atoms with Crippen molar-refractivity contribution in [3.8, 4) is 10.0 Å². The van der Waals surface area contributed by atoms with Crippen molar-refractivity contribution in [3.05, 3.63) is 47.3 Å². The molecule has 0 spiro atoms. The molecule has 21 heavy (non-hydrogen) atoms. The van der Waals surface area contributed by atoms with Crippen molar-refractivity contribution in [2.24, 2.45) is 0 Å². The van der Waals surface area contributed by atoms with Gasteiger partial charge in [-0.2, -0.15) is 0 Å². The maximum absolute atomic E-state index is 3.99. The van der Waals surface area contributed by atoms with Crippen molar-refractivity contribution in [1.29, 1.82) is 0 Å². The second kappa shape index (κ2) is 5.25. The summed E-state index contributed by atoms with van der Waals surface area (Å²) in [5, 5.41) is 2.67. The fourth-order valence-electron chi connectivity index (χ4n) is 2.59. The van der Waals surface area contributed by atoms with Gasteiger partial charge in [0.05, 0.1) is 0 Å². The van der Waals surface area contributed by atoms with Crippen molar-refractivity contribution in [3.63, 3.8) is 0 Å². The fraction of sp³-hybridized carbons (Fsp3) is 0.222. The van der Waals surface area contributed by atoms with E-state index in [-0.39, 0.29) is 0 Å². The first-order valence-electron chi connectivity index (χ1n) is 6.99. The molecule has 0 bridgehead atoms. The van der Waals surface area contributed by atoms with E-state index < -0.39 is 0 Å². The molecule has 106 valence electrons. The predicted molar refractivity (Wildman–Crippen MR) is 92.3 cm³/mol. The van der Waals surface area contributed by atoms with E-state index in [9.17, 15) is 0 Å². The Balaban J connectivity index is 2.42. The van der Waals surface area contributed by atoms with Gasteiger partial charge in [0.2, 0.25) is 0 Å². The van der Waals surface area contributed by atoms with Crippen LogP contribution in [0.25, 0.3) is 19.6 Å². The molecule has 1 aromatic rings. The number of nitrogens with zero attached hydrogens (tertiary/aromatic N) is 2. The Morgan fingerprint density at radius 2 is 1.76 bits per heavy atom. The number of benzene rings is 2. The first-order valence-corrected chi connectivity index (χ1v) is 8.70. The van der Waals surface area contributed by atoms with Gasteiger partial charge in [0, 0.05) is 0 Å². The van der Waals surface area contributed by atoms with E-state index in [1.807, 2.05) is 11.6 Å². The molecule has 0 saturated carbocycles. The SMILES string of the molecule is C=[N+](C)c1ccc2c(C)c3ccc(=[N+](C)C)cc-3[se]c2c1. The Labute approximate surface area is 131 Å². The van der Waals surface area contributed by atoms with Crippen LogP contribution in [-0.4, -0.2) is 46.9 Å². The van der Waals surface area contributed by atoms with Gasteiger partial charge in [0.25, 0.3) is 0 Å². The van der Waals surface area contributed by atoms with E-state index >= 15 is 0 Å². The summed E-state index contributed by atoms with van der Waals surface area (Å²) >= 11 is 0.349. The summed E-state index contributed by atoms with van der Waals surface area (Å²) in [6, 6.07) is 13.5. The quantitative estimate of drug-likeness (QED) is 0.277. The maximum atomic E-state index is 3.99. The van der Waals surface area contributed by atoms with Crippen LogP contribution in [0.2, 0.25) is 0 Å². The number of rotatable bonds is 1. The standard InChI is InChI=1S/C18H20N2Se/c1-12-15-8-6-13(19(2)3)10-17(15)21-18-11-14(20(4)5)7-9-16(12)18/h6-11H,2H2,1,3-5H3/q+2. The molecule has 0 N–H and O–H groups in total. The summed E-state index contributed by atoms with van der Waals surface area (Å²) in [6.45, 7) is 6.22. The summed E-state index contributed by atoms with van der Waals surface area (Å²) < 4.78 is 7.03. The van der Waals surface area contributed by atoms with Crippen LogP contribution in [0.5, 0.6) is 0 Å². The third-order valence-electron chi connectivity index (χ3n) is 3.92. The molecule has 3 rings (SSSR count). The summed E-state index contributed by atoms with van der Waals surface area (Å²) in [6.07, 6.45) is 0. The van der Waals surface area contributed by atoms with Crippen molar-refractivity contribution in [2.75, 3.05) is 21.1 Å². The molecule has 0 unspecified atom stereocenters. The van der Waals surface area contributed by atoms with Gasteiger partial charge in [-0.3, -0.25) is 0 Å². The first kappa shape index (κ1) is 14.2. The van der Waals surface area contributed by atoms with Gasteiger partial charge in [0.1, 0.15) is 0 Å². The Bertz CT molecular complexity index is 899. The molecule has 0 amide bonds. The van der Waals surface area contributed by atoms with E-state index in [1.165, 1.54) is 36.3 Å². The molecule has 1 aromatic carbocycles. The van der Waals surface area contributed by atoms with E-state index in [4.69, 9.17) is 0 Å². The zero-order valence-electron chi connectivity index (χ0n) is 13.0. The van der Waals surface area contributed by atoms with E-state index in [0.29, 0.717) is 14.5 Å². The molecule has 2 aliphatic rings. The van der Waals surface area contributed by atoms with E-state index in [0.717, 1.165) is 0 Å². The molecular weight excluding hydrogens is 323 g/mol. The molecule has 1 aliphatic heterocycles. The van der Waals surface area contributed by atoms with Gasteiger partial charge in [-0.25, -0.2) is 0 Å². The van der Waals surface area contributed by atoms with Crippen molar-refractivity contribution >= 4 is 36.6 Å². The fourth-order valence-corrected chi connectivity index (χ4v) is 5.23. The summed E-state index contributed by atoms with van der Waals surface area (Å²) in [7, 11) is 6.18. The van der Waals surface area contributed by atoms with Gasteiger partial charge in [0.15, 0.2) is 0 Å². The zero-order valence-corrected chi connectivity index (χ0v) is 14.7. The Morgan fingerprint density at radius 1 is 1.00 bits per heavy atom. The van der Waals surface area contributed by atoms with Gasteiger partial charge in [-0.15, -0.1) is 0 Å². The molecule has 1 aliphatic carbocycles. The molecule has 0 aromatic heterocycles. The van der Waals surface area contributed by atoms with E-state index in [1.54, 1.807) is 0 Å². The van der Waals surface area contributed by atoms with Crippen molar-refractivity contribution in [1.82, 2.24) is 4.58 Å². The molecule has 0 fully saturated rings. The average molecular weight is 343 g/mol. The third-order valence-corrected chi connectivity index (χ3v) is 6.26. The van der Waals surface area contributed by atoms with Crippen LogP contribution in [0.3, 0.4) is 0 Å². The monoisotopic (exact) mass is 344 g/mol. The minimum absolute atomic E-state index is 0.349. The minimum atomic E-state index is 0.349. The molecular formula is C18H20N2Se+2. The van der Waals surface area contributed by atoms with Crippen molar-refractivity contribution in [2.45, 2.75) is 6.92 Å². The molecule has 3 heteroatoms. The predicted octanol–water partition coefficient (Wildman–Crippen LogP) is 2.32. The summed E-state index contributed by atoms with van der Waals surface area (Å²) in [5.74, 6) is 0. The van der Waals surface area contributed by atoms with Crippen LogP contribution in [0.4, 0.5) is 5.69 Å². The number of fused-ring (bicyclic) bond motifs is 2. The van der Waals surface area contributed by atoms with Crippen LogP contribution < -0.4 is 9.93 Å². The molecule has 1 heterocycles. The van der Waals surface area contributed by atoms with Gasteiger partial charge in [-0.05, 0) is 0 Å². The number of hydrogen-bond acceptors (Lipinski definition) is 0. The van der Waals surface area contributed by atoms with Crippen molar-refractivity contribution < 1.29 is 4.58 Å². The van der Waals surface area contributed by atoms with Gasteiger partial charge in [-0.1, -0.05) is 0 Å². The van der Waals surface area contributed by atoms with E-state index in [2.05, 4.69) is 68.7 Å². The van der Waals surface area contributed by atoms with Crippen LogP contribution in [0.15, 0.2) is 36.4 Å².